The average molecular weight is 278 g/mol. The summed E-state index contributed by atoms with van der Waals surface area (Å²) in [6.07, 6.45) is 4.45. The summed E-state index contributed by atoms with van der Waals surface area (Å²) in [5.41, 5.74) is 2.40. The van der Waals surface area contributed by atoms with Crippen molar-refractivity contribution in [3.8, 4) is 0 Å². The van der Waals surface area contributed by atoms with E-state index in [9.17, 15) is 8.42 Å². The van der Waals surface area contributed by atoms with Gasteiger partial charge in [0.25, 0.3) is 0 Å². The lowest BCUT2D eigenvalue weighted by molar-refractivity contribution is 0.579. The first kappa shape index (κ1) is 12.3. The molecule has 0 spiro atoms. The van der Waals surface area contributed by atoms with Crippen molar-refractivity contribution < 1.29 is 8.42 Å². The molecular weight excluding hydrogens is 264 g/mol. The van der Waals surface area contributed by atoms with Gasteiger partial charge in [-0.15, -0.1) is 0 Å². The minimum absolute atomic E-state index is 0.111. The summed E-state index contributed by atoms with van der Waals surface area (Å²) in [6, 6.07) is 5.34. The van der Waals surface area contributed by atoms with Gasteiger partial charge in [-0.3, -0.25) is 5.10 Å². The lowest BCUT2D eigenvalue weighted by atomic mass is 10.1. The molecule has 0 bridgehead atoms. The number of H-pyrrole nitrogens is 1. The van der Waals surface area contributed by atoms with E-state index in [1.165, 1.54) is 11.9 Å². The molecule has 2 aromatic rings. The zero-order valence-corrected chi connectivity index (χ0v) is 11.1. The summed E-state index contributed by atoms with van der Waals surface area (Å²) in [4.78, 5) is 4.19. The van der Waals surface area contributed by atoms with Crippen LogP contribution >= 0.6 is 0 Å². The maximum Gasteiger partial charge on any atom is 0.240 e. The van der Waals surface area contributed by atoms with Crippen LogP contribution in [-0.4, -0.2) is 23.6 Å². The fourth-order valence-electron chi connectivity index (χ4n) is 2.28. The van der Waals surface area contributed by atoms with Crippen molar-refractivity contribution in [2.24, 2.45) is 0 Å². The van der Waals surface area contributed by atoms with Crippen LogP contribution in [0, 0.1) is 0 Å². The molecule has 1 aromatic heterocycles. The second kappa shape index (κ2) is 4.75. The molecule has 1 aliphatic carbocycles. The molecule has 0 saturated heterocycles. The Balaban J connectivity index is 1.80. The van der Waals surface area contributed by atoms with Crippen molar-refractivity contribution >= 4 is 10.0 Å². The molecule has 100 valence electrons. The lowest BCUT2D eigenvalue weighted by Gasteiger charge is -2.07. The smallest absolute Gasteiger partial charge is 0.240 e. The number of aryl methyl sites for hydroxylation is 2. The third-order valence-corrected chi connectivity index (χ3v) is 4.67. The highest BCUT2D eigenvalue weighted by Crippen LogP contribution is 2.24. The number of aromatic nitrogens is 3. The molecule has 0 unspecified atom stereocenters. The summed E-state index contributed by atoms with van der Waals surface area (Å²) in [6.45, 7) is 0.111. The van der Waals surface area contributed by atoms with E-state index in [-0.39, 0.29) is 6.54 Å². The van der Waals surface area contributed by atoms with Crippen molar-refractivity contribution in [2.45, 2.75) is 30.7 Å². The molecule has 1 heterocycles. The fourth-order valence-corrected chi connectivity index (χ4v) is 3.32. The number of aromatic amines is 1. The van der Waals surface area contributed by atoms with Crippen molar-refractivity contribution in [3.63, 3.8) is 0 Å². The molecule has 1 aliphatic rings. The largest absolute Gasteiger partial charge is 0.262 e. The maximum atomic E-state index is 12.2. The Morgan fingerprint density at radius 1 is 1.26 bits per heavy atom. The Morgan fingerprint density at radius 3 is 2.89 bits per heavy atom. The summed E-state index contributed by atoms with van der Waals surface area (Å²) >= 11 is 0. The third-order valence-electron chi connectivity index (χ3n) is 3.27. The van der Waals surface area contributed by atoms with Gasteiger partial charge in [0.05, 0.1) is 11.4 Å². The number of hydrogen-bond donors (Lipinski definition) is 2. The Morgan fingerprint density at radius 2 is 2.11 bits per heavy atom. The number of fused-ring (bicyclic) bond motifs is 1. The van der Waals surface area contributed by atoms with Gasteiger partial charge in [-0.25, -0.2) is 18.1 Å². The first-order valence-corrected chi connectivity index (χ1v) is 7.59. The predicted molar refractivity (Wildman–Crippen MR) is 68.9 cm³/mol. The molecule has 2 N–H and O–H groups in total. The number of rotatable bonds is 4. The zero-order chi connectivity index (χ0) is 13.3. The van der Waals surface area contributed by atoms with E-state index in [1.807, 2.05) is 6.07 Å². The second-order valence-corrected chi connectivity index (χ2v) is 6.31. The molecule has 7 heteroatoms. The van der Waals surface area contributed by atoms with Crippen LogP contribution in [-0.2, 0) is 29.4 Å². The number of nitrogens with zero attached hydrogens (tertiary/aromatic N) is 2. The van der Waals surface area contributed by atoms with Crippen LogP contribution in [0.1, 0.15) is 23.4 Å². The molecule has 0 saturated carbocycles. The molecule has 0 atom stereocenters. The van der Waals surface area contributed by atoms with Gasteiger partial charge in [0.2, 0.25) is 10.0 Å². The molecule has 6 nitrogen and oxygen atoms in total. The third kappa shape index (κ3) is 2.52. The number of sulfonamides is 1. The van der Waals surface area contributed by atoms with E-state index in [4.69, 9.17) is 0 Å². The van der Waals surface area contributed by atoms with Crippen molar-refractivity contribution in [1.29, 1.82) is 0 Å². The van der Waals surface area contributed by atoms with Crippen LogP contribution in [0.3, 0.4) is 0 Å². The van der Waals surface area contributed by atoms with E-state index in [2.05, 4.69) is 19.9 Å². The van der Waals surface area contributed by atoms with Crippen LogP contribution < -0.4 is 4.72 Å². The summed E-state index contributed by atoms with van der Waals surface area (Å²) in [5.74, 6) is 0.490. The Kier molecular flexibility index (Phi) is 3.08. The minimum atomic E-state index is -3.50. The van der Waals surface area contributed by atoms with Crippen molar-refractivity contribution in [2.75, 3.05) is 0 Å². The molecule has 0 amide bonds. The molecule has 0 radical (unpaired) electrons. The highest BCUT2D eigenvalue weighted by molar-refractivity contribution is 7.89. The topological polar surface area (TPSA) is 87.7 Å². The highest BCUT2D eigenvalue weighted by Gasteiger charge is 2.18. The van der Waals surface area contributed by atoms with Gasteiger partial charge in [0, 0.05) is 0 Å². The number of nitrogens with one attached hydrogen (secondary N) is 2. The summed E-state index contributed by atoms with van der Waals surface area (Å²) < 4.78 is 26.8. The minimum Gasteiger partial charge on any atom is -0.262 e. The predicted octanol–water partition coefficient (Wildman–Crippen LogP) is 0.772. The monoisotopic (exact) mass is 278 g/mol. The molecule has 19 heavy (non-hydrogen) atoms. The van der Waals surface area contributed by atoms with Gasteiger partial charge in [-0.2, -0.15) is 5.10 Å². The molecule has 3 rings (SSSR count). The highest BCUT2D eigenvalue weighted by atomic mass is 32.2. The summed E-state index contributed by atoms with van der Waals surface area (Å²) in [7, 11) is -3.50. The average Bonchev–Trinajstić information content (AvgIpc) is 3.06. The molecule has 0 fully saturated rings. The van der Waals surface area contributed by atoms with Crippen molar-refractivity contribution in [3.05, 3.63) is 41.5 Å². The van der Waals surface area contributed by atoms with E-state index < -0.39 is 10.0 Å². The van der Waals surface area contributed by atoms with Gasteiger partial charge < -0.3 is 0 Å². The van der Waals surface area contributed by atoms with E-state index in [1.54, 1.807) is 12.1 Å². The standard InChI is InChI=1S/C12H14N4O2S/c17-19(18,15-7-12-13-8-14-16-12)11-5-4-9-2-1-3-10(9)6-11/h4-6,8,15H,1-3,7H2,(H,13,14,16). The first-order valence-electron chi connectivity index (χ1n) is 6.11. The lowest BCUT2D eigenvalue weighted by Crippen LogP contribution is -2.24. The maximum absolute atomic E-state index is 12.2. The zero-order valence-electron chi connectivity index (χ0n) is 10.3. The van der Waals surface area contributed by atoms with Crippen LogP contribution in [0.5, 0.6) is 0 Å². The number of hydrogen-bond acceptors (Lipinski definition) is 4. The summed E-state index contributed by atoms with van der Waals surface area (Å²) in [5, 5.41) is 6.29. The molecule has 1 aromatic carbocycles. The van der Waals surface area contributed by atoms with E-state index in [0.29, 0.717) is 10.7 Å². The first-order chi connectivity index (χ1) is 9.15. The van der Waals surface area contributed by atoms with Crippen LogP contribution in [0.15, 0.2) is 29.4 Å². The number of benzene rings is 1. The van der Waals surface area contributed by atoms with Crippen LogP contribution in [0.4, 0.5) is 0 Å². The SMILES string of the molecule is O=S(=O)(NCc1ncn[nH]1)c1ccc2c(c1)CCC2. The normalized spacial score (nSPS) is 14.5. The molecular formula is C12H14N4O2S. The second-order valence-electron chi connectivity index (χ2n) is 4.54. The van der Waals surface area contributed by atoms with Gasteiger partial charge in [-0.1, -0.05) is 6.07 Å². The van der Waals surface area contributed by atoms with Gasteiger partial charge >= 0.3 is 0 Å². The fraction of sp³-hybridized carbons (Fsp3) is 0.333. The van der Waals surface area contributed by atoms with Gasteiger partial charge in [-0.05, 0) is 42.5 Å². The van der Waals surface area contributed by atoms with Crippen LogP contribution in [0.25, 0.3) is 0 Å². The van der Waals surface area contributed by atoms with Crippen LogP contribution in [0.2, 0.25) is 0 Å². The van der Waals surface area contributed by atoms with E-state index >= 15 is 0 Å². The van der Waals surface area contributed by atoms with Gasteiger partial charge in [0.15, 0.2) is 0 Å². The van der Waals surface area contributed by atoms with Crippen molar-refractivity contribution in [1.82, 2.24) is 19.9 Å². The van der Waals surface area contributed by atoms with Gasteiger partial charge in [0.1, 0.15) is 12.2 Å². The Labute approximate surface area is 111 Å². The Hall–Kier alpha value is -1.73. The van der Waals surface area contributed by atoms with E-state index in [0.717, 1.165) is 24.8 Å². The quantitative estimate of drug-likeness (QED) is 0.864. The Bertz CT molecular complexity index is 680. The molecule has 0 aliphatic heterocycles.